The van der Waals surface area contributed by atoms with Gasteiger partial charge >= 0.3 is 0 Å². The van der Waals surface area contributed by atoms with Crippen molar-refractivity contribution in [3.05, 3.63) is 65.2 Å². The van der Waals surface area contributed by atoms with E-state index < -0.39 is 0 Å². The Bertz CT molecular complexity index is 535. The van der Waals surface area contributed by atoms with Crippen molar-refractivity contribution < 1.29 is 4.74 Å². The molecule has 3 nitrogen and oxygen atoms in total. The Morgan fingerprint density at radius 1 is 1.17 bits per heavy atom. The third kappa shape index (κ3) is 3.10. The van der Waals surface area contributed by atoms with Crippen LogP contribution >= 0.6 is 0 Å². The molecular weight excluding hydrogens is 224 g/mol. The summed E-state index contributed by atoms with van der Waals surface area (Å²) in [7, 11) is 0. The van der Waals surface area contributed by atoms with Crippen molar-refractivity contribution in [2.75, 3.05) is 0 Å². The van der Waals surface area contributed by atoms with Crippen molar-refractivity contribution in [3.8, 4) is 5.75 Å². The molecular formula is C15H16N2O. The van der Waals surface area contributed by atoms with Gasteiger partial charge < -0.3 is 10.6 Å². The molecule has 0 heterocycles. The first-order valence-electron chi connectivity index (χ1n) is 5.80. The zero-order valence-electron chi connectivity index (χ0n) is 10.3. The molecule has 92 valence electrons. The zero-order chi connectivity index (χ0) is 12.8. The molecule has 0 saturated heterocycles. The Hall–Kier alpha value is -2.29. The van der Waals surface area contributed by atoms with E-state index in [9.17, 15) is 0 Å². The number of hydrogen-bond donors (Lipinski definition) is 1. The van der Waals surface area contributed by atoms with Gasteiger partial charge in [-0.1, -0.05) is 42.5 Å². The second kappa shape index (κ2) is 5.87. The molecule has 2 rings (SSSR count). The van der Waals surface area contributed by atoms with Crippen molar-refractivity contribution in [1.29, 1.82) is 0 Å². The van der Waals surface area contributed by atoms with Crippen LogP contribution in [0.3, 0.4) is 0 Å². The predicted molar refractivity (Wildman–Crippen MR) is 73.7 cm³/mol. The topological polar surface area (TPSA) is 47.6 Å². The number of hydrazone groups is 1. The fraction of sp³-hybridized carbons (Fsp3) is 0.133. The van der Waals surface area contributed by atoms with Gasteiger partial charge in [-0.2, -0.15) is 5.10 Å². The van der Waals surface area contributed by atoms with Gasteiger partial charge in [-0.05, 0) is 29.7 Å². The first-order chi connectivity index (χ1) is 8.79. The quantitative estimate of drug-likeness (QED) is 0.507. The highest BCUT2D eigenvalue weighted by Crippen LogP contribution is 2.20. The molecule has 0 radical (unpaired) electrons. The van der Waals surface area contributed by atoms with E-state index in [0.717, 1.165) is 22.4 Å². The van der Waals surface area contributed by atoms with Crippen molar-refractivity contribution in [1.82, 2.24) is 0 Å². The molecule has 0 aliphatic heterocycles. The molecule has 0 fully saturated rings. The minimum absolute atomic E-state index is 0.560. The molecule has 2 N–H and O–H groups in total. The highest BCUT2D eigenvalue weighted by Gasteiger charge is 2.01. The smallest absolute Gasteiger partial charge is 0.123 e. The molecule has 0 spiro atoms. The standard InChI is InChI=1S/C15H16N2O/c1-12-7-8-14(10-17-16)9-15(12)18-11-13-5-3-2-4-6-13/h2-10H,11,16H2,1H3. The Balaban J connectivity index is 2.11. The fourth-order valence-corrected chi connectivity index (χ4v) is 1.67. The van der Waals surface area contributed by atoms with Crippen LogP contribution in [0.5, 0.6) is 5.75 Å². The van der Waals surface area contributed by atoms with Crippen molar-refractivity contribution in [3.63, 3.8) is 0 Å². The highest BCUT2D eigenvalue weighted by atomic mass is 16.5. The number of ether oxygens (including phenoxy) is 1. The lowest BCUT2D eigenvalue weighted by Crippen LogP contribution is -1.98. The van der Waals surface area contributed by atoms with E-state index in [1.807, 2.05) is 55.5 Å². The maximum Gasteiger partial charge on any atom is 0.123 e. The van der Waals surface area contributed by atoms with Crippen LogP contribution in [0.1, 0.15) is 16.7 Å². The van der Waals surface area contributed by atoms with Gasteiger partial charge in [0.15, 0.2) is 0 Å². The summed E-state index contributed by atoms with van der Waals surface area (Å²) in [6, 6.07) is 16.0. The van der Waals surface area contributed by atoms with Gasteiger partial charge in [0.1, 0.15) is 12.4 Å². The van der Waals surface area contributed by atoms with Crippen LogP contribution in [0.2, 0.25) is 0 Å². The van der Waals surface area contributed by atoms with Gasteiger partial charge in [-0.25, -0.2) is 0 Å². The molecule has 0 aliphatic rings. The maximum atomic E-state index is 5.81. The van der Waals surface area contributed by atoms with Gasteiger partial charge in [0.25, 0.3) is 0 Å². The minimum atomic E-state index is 0.560. The molecule has 0 amide bonds. The lowest BCUT2D eigenvalue weighted by molar-refractivity contribution is 0.304. The normalized spacial score (nSPS) is 10.7. The predicted octanol–water partition coefficient (Wildman–Crippen LogP) is 2.87. The Labute approximate surface area is 107 Å². The van der Waals surface area contributed by atoms with Gasteiger partial charge in [0.2, 0.25) is 0 Å². The van der Waals surface area contributed by atoms with Crippen molar-refractivity contribution >= 4 is 6.21 Å². The average Bonchev–Trinajstić information content (AvgIpc) is 2.41. The SMILES string of the molecule is Cc1ccc(C=NN)cc1OCc1ccccc1. The van der Waals surface area contributed by atoms with Gasteiger partial charge in [0, 0.05) is 0 Å². The summed E-state index contributed by atoms with van der Waals surface area (Å²) in [5.74, 6) is 6.00. The molecule has 0 aliphatic carbocycles. The largest absolute Gasteiger partial charge is 0.489 e. The second-order valence-electron chi connectivity index (χ2n) is 4.08. The fourth-order valence-electron chi connectivity index (χ4n) is 1.67. The third-order valence-corrected chi connectivity index (χ3v) is 2.67. The first-order valence-corrected chi connectivity index (χ1v) is 5.80. The van der Waals surface area contributed by atoms with Crippen LogP contribution < -0.4 is 10.6 Å². The number of nitrogens with zero attached hydrogens (tertiary/aromatic N) is 1. The highest BCUT2D eigenvalue weighted by molar-refractivity contribution is 5.80. The Kier molecular flexibility index (Phi) is 3.97. The number of rotatable bonds is 4. The number of aryl methyl sites for hydroxylation is 1. The number of benzene rings is 2. The lowest BCUT2D eigenvalue weighted by Gasteiger charge is -2.09. The summed E-state index contributed by atoms with van der Waals surface area (Å²) < 4.78 is 5.81. The minimum Gasteiger partial charge on any atom is -0.489 e. The Morgan fingerprint density at radius 3 is 2.67 bits per heavy atom. The maximum absolute atomic E-state index is 5.81. The Morgan fingerprint density at radius 2 is 1.94 bits per heavy atom. The average molecular weight is 240 g/mol. The molecule has 2 aromatic rings. The van der Waals surface area contributed by atoms with Crippen LogP contribution in [0.15, 0.2) is 53.6 Å². The molecule has 0 bridgehead atoms. The van der Waals surface area contributed by atoms with E-state index in [0.29, 0.717) is 6.61 Å². The van der Waals surface area contributed by atoms with E-state index in [4.69, 9.17) is 10.6 Å². The van der Waals surface area contributed by atoms with E-state index in [-0.39, 0.29) is 0 Å². The van der Waals surface area contributed by atoms with Crippen molar-refractivity contribution in [2.24, 2.45) is 10.9 Å². The van der Waals surface area contributed by atoms with E-state index in [1.54, 1.807) is 6.21 Å². The molecule has 0 aromatic heterocycles. The molecule has 0 saturated carbocycles. The van der Waals surface area contributed by atoms with E-state index >= 15 is 0 Å². The molecule has 18 heavy (non-hydrogen) atoms. The van der Waals surface area contributed by atoms with E-state index in [1.165, 1.54) is 0 Å². The van der Waals surface area contributed by atoms with Crippen LogP contribution in [-0.2, 0) is 6.61 Å². The number of hydrogen-bond acceptors (Lipinski definition) is 3. The summed E-state index contributed by atoms with van der Waals surface area (Å²) in [5, 5.41) is 3.51. The van der Waals surface area contributed by atoms with Crippen LogP contribution in [-0.4, -0.2) is 6.21 Å². The molecule has 0 unspecified atom stereocenters. The van der Waals surface area contributed by atoms with Gasteiger partial charge in [-0.3, -0.25) is 0 Å². The summed E-state index contributed by atoms with van der Waals surface area (Å²) >= 11 is 0. The van der Waals surface area contributed by atoms with Crippen molar-refractivity contribution in [2.45, 2.75) is 13.5 Å². The number of nitrogens with two attached hydrogens (primary N) is 1. The summed E-state index contributed by atoms with van der Waals surface area (Å²) in [4.78, 5) is 0. The summed E-state index contributed by atoms with van der Waals surface area (Å²) in [6.07, 6.45) is 1.61. The summed E-state index contributed by atoms with van der Waals surface area (Å²) in [6.45, 7) is 2.58. The lowest BCUT2D eigenvalue weighted by atomic mass is 10.1. The van der Waals surface area contributed by atoms with Crippen LogP contribution in [0, 0.1) is 6.92 Å². The monoisotopic (exact) mass is 240 g/mol. The summed E-state index contributed by atoms with van der Waals surface area (Å²) in [5.41, 5.74) is 3.18. The molecule has 2 aromatic carbocycles. The molecule has 0 atom stereocenters. The van der Waals surface area contributed by atoms with Crippen LogP contribution in [0.25, 0.3) is 0 Å². The second-order valence-corrected chi connectivity index (χ2v) is 4.08. The van der Waals surface area contributed by atoms with Crippen LogP contribution in [0.4, 0.5) is 0 Å². The first kappa shape index (κ1) is 12.2. The molecule has 3 heteroatoms. The van der Waals surface area contributed by atoms with E-state index in [2.05, 4.69) is 5.10 Å². The van der Waals surface area contributed by atoms with Gasteiger partial charge in [-0.15, -0.1) is 0 Å². The zero-order valence-corrected chi connectivity index (χ0v) is 10.3. The van der Waals surface area contributed by atoms with Gasteiger partial charge in [0.05, 0.1) is 6.21 Å². The third-order valence-electron chi connectivity index (χ3n) is 2.67.